The molecule has 1 aromatic carbocycles. The van der Waals surface area contributed by atoms with Crippen molar-refractivity contribution in [2.45, 2.75) is 39.2 Å². The van der Waals surface area contributed by atoms with Crippen LogP contribution < -0.4 is 0 Å². The summed E-state index contributed by atoms with van der Waals surface area (Å²) in [5, 5.41) is 9.57. The van der Waals surface area contributed by atoms with Crippen LogP contribution in [-0.4, -0.2) is 5.11 Å². The number of aliphatic hydroxyl groups is 1. The largest absolute Gasteiger partial charge is 0.389 e. The van der Waals surface area contributed by atoms with E-state index >= 15 is 0 Å². The minimum absolute atomic E-state index is 0.105. The molecule has 1 nitrogen and oxygen atoms in total. The topological polar surface area (TPSA) is 20.2 Å². The monoisotopic (exact) mass is 178 g/mol. The smallest absolute Gasteiger partial charge is 0.0764 e. The fourth-order valence-electron chi connectivity index (χ4n) is 1.54. The van der Waals surface area contributed by atoms with E-state index in [1.165, 1.54) is 5.56 Å². The maximum absolute atomic E-state index is 9.57. The number of hydrogen-bond acceptors (Lipinski definition) is 1. The maximum atomic E-state index is 9.57. The van der Waals surface area contributed by atoms with Crippen LogP contribution in [0.15, 0.2) is 24.3 Å². The zero-order valence-electron chi connectivity index (χ0n) is 8.83. The van der Waals surface area contributed by atoms with E-state index in [2.05, 4.69) is 26.8 Å². The van der Waals surface area contributed by atoms with Crippen molar-refractivity contribution < 1.29 is 5.11 Å². The van der Waals surface area contributed by atoms with Gasteiger partial charge in [-0.3, -0.25) is 0 Å². The highest BCUT2D eigenvalue weighted by Gasteiger charge is 2.18. The molecule has 1 N–H and O–H groups in total. The molecule has 0 aliphatic rings. The van der Waals surface area contributed by atoms with E-state index < -0.39 is 0 Å². The summed E-state index contributed by atoms with van der Waals surface area (Å²) in [5.41, 5.74) is 2.37. The molecule has 0 saturated carbocycles. The molecule has 0 spiro atoms. The van der Waals surface area contributed by atoms with E-state index in [0.29, 0.717) is 0 Å². The fraction of sp³-hybridized carbons (Fsp3) is 0.500. The van der Waals surface area contributed by atoms with Crippen LogP contribution in [0.4, 0.5) is 0 Å². The van der Waals surface area contributed by atoms with Crippen LogP contribution in [-0.2, 0) is 5.41 Å². The Morgan fingerprint density at radius 3 is 2.08 bits per heavy atom. The number of benzene rings is 1. The summed E-state index contributed by atoms with van der Waals surface area (Å²) in [6.07, 6.45) is -0.379. The van der Waals surface area contributed by atoms with Gasteiger partial charge in [0, 0.05) is 0 Å². The zero-order valence-corrected chi connectivity index (χ0v) is 8.83. The number of aliphatic hydroxyl groups excluding tert-OH is 1. The lowest BCUT2D eigenvalue weighted by Crippen LogP contribution is -2.15. The molecular weight excluding hydrogens is 160 g/mol. The second-order valence-electron chi connectivity index (χ2n) is 4.51. The van der Waals surface area contributed by atoms with Crippen LogP contribution in [0, 0.1) is 0 Å². The summed E-state index contributed by atoms with van der Waals surface area (Å²) < 4.78 is 0. The average molecular weight is 178 g/mol. The summed E-state index contributed by atoms with van der Waals surface area (Å²) in [6.45, 7) is 8.29. The predicted molar refractivity (Wildman–Crippen MR) is 55.8 cm³/mol. The van der Waals surface area contributed by atoms with Gasteiger partial charge in [0.05, 0.1) is 6.10 Å². The first-order valence-electron chi connectivity index (χ1n) is 4.70. The van der Waals surface area contributed by atoms with Gasteiger partial charge in [0.15, 0.2) is 0 Å². The van der Waals surface area contributed by atoms with Gasteiger partial charge in [0.2, 0.25) is 0 Å². The van der Waals surface area contributed by atoms with E-state index in [-0.39, 0.29) is 11.5 Å². The summed E-state index contributed by atoms with van der Waals surface area (Å²) in [5.74, 6) is 0. The Bertz CT molecular complexity index is 281. The van der Waals surface area contributed by atoms with Gasteiger partial charge < -0.3 is 5.11 Å². The third kappa shape index (κ3) is 2.31. The Labute approximate surface area is 80.4 Å². The van der Waals surface area contributed by atoms with Crippen molar-refractivity contribution in [1.29, 1.82) is 0 Å². The lowest BCUT2D eigenvalue weighted by Gasteiger charge is -2.23. The highest BCUT2D eigenvalue weighted by atomic mass is 16.3. The van der Waals surface area contributed by atoms with Crippen molar-refractivity contribution in [1.82, 2.24) is 0 Å². The normalized spacial score (nSPS) is 14.2. The zero-order chi connectivity index (χ0) is 10.1. The first kappa shape index (κ1) is 10.3. The van der Waals surface area contributed by atoms with Crippen molar-refractivity contribution >= 4 is 0 Å². The molecule has 0 amide bonds. The SMILES string of the molecule is C[C@@H](O)c1ccccc1C(C)(C)C. The summed E-state index contributed by atoms with van der Waals surface area (Å²) in [6, 6.07) is 8.07. The van der Waals surface area contributed by atoms with Gasteiger partial charge in [-0.05, 0) is 23.5 Å². The standard InChI is InChI=1S/C12H18O/c1-9(13)10-7-5-6-8-11(10)12(2,3)4/h5-9,13H,1-4H3/t9-/m1/s1. The average Bonchev–Trinajstić information content (AvgIpc) is 2.03. The molecule has 1 aromatic rings. The van der Waals surface area contributed by atoms with Gasteiger partial charge >= 0.3 is 0 Å². The molecule has 0 aliphatic heterocycles. The second kappa shape index (κ2) is 3.51. The minimum atomic E-state index is -0.379. The van der Waals surface area contributed by atoms with Gasteiger partial charge in [-0.2, -0.15) is 0 Å². The predicted octanol–water partition coefficient (Wildman–Crippen LogP) is 3.04. The van der Waals surface area contributed by atoms with Crippen LogP contribution in [0.1, 0.15) is 44.9 Å². The molecule has 0 fully saturated rings. The first-order chi connectivity index (χ1) is 5.93. The highest BCUT2D eigenvalue weighted by Crippen LogP contribution is 2.29. The summed E-state index contributed by atoms with van der Waals surface area (Å²) in [7, 11) is 0. The molecule has 0 radical (unpaired) electrons. The van der Waals surface area contributed by atoms with Crippen LogP contribution in [0.3, 0.4) is 0 Å². The molecule has 1 heteroatoms. The molecule has 72 valence electrons. The van der Waals surface area contributed by atoms with Crippen molar-refractivity contribution in [3.8, 4) is 0 Å². The number of rotatable bonds is 1. The van der Waals surface area contributed by atoms with E-state index in [1.807, 2.05) is 25.1 Å². The van der Waals surface area contributed by atoms with Gasteiger partial charge in [-0.15, -0.1) is 0 Å². The van der Waals surface area contributed by atoms with Crippen molar-refractivity contribution in [2.24, 2.45) is 0 Å². The minimum Gasteiger partial charge on any atom is -0.389 e. The molecule has 0 unspecified atom stereocenters. The van der Waals surface area contributed by atoms with Gasteiger partial charge in [0.25, 0.3) is 0 Å². The molecule has 1 atom stereocenters. The van der Waals surface area contributed by atoms with E-state index in [0.717, 1.165) is 5.56 Å². The third-order valence-corrected chi connectivity index (χ3v) is 2.22. The first-order valence-corrected chi connectivity index (χ1v) is 4.70. The van der Waals surface area contributed by atoms with Crippen molar-refractivity contribution in [3.63, 3.8) is 0 Å². The maximum Gasteiger partial charge on any atom is 0.0764 e. The fourth-order valence-corrected chi connectivity index (χ4v) is 1.54. The van der Waals surface area contributed by atoms with Gasteiger partial charge in [0.1, 0.15) is 0 Å². The third-order valence-electron chi connectivity index (χ3n) is 2.22. The Kier molecular flexibility index (Phi) is 2.77. The van der Waals surface area contributed by atoms with Crippen molar-refractivity contribution in [3.05, 3.63) is 35.4 Å². The Morgan fingerprint density at radius 1 is 1.15 bits per heavy atom. The van der Waals surface area contributed by atoms with Crippen LogP contribution >= 0.6 is 0 Å². The Balaban J connectivity index is 3.20. The Hall–Kier alpha value is -0.820. The lowest BCUT2D eigenvalue weighted by molar-refractivity contribution is 0.196. The second-order valence-corrected chi connectivity index (χ2v) is 4.51. The quantitative estimate of drug-likeness (QED) is 0.700. The molecule has 13 heavy (non-hydrogen) atoms. The molecule has 0 aliphatic carbocycles. The molecular formula is C12H18O. The highest BCUT2D eigenvalue weighted by molar-refractivity contribution is 5.33. The molecule has 0 heterocycles. The van der Waals surface area contributed by atoms with E-state index in [9.17, 15) is 5.11 Å². The molecule has 1 rings (SSSR count). The molecule has 0 bridgehead atoms. The van der Waals surface area contributed by atoms with Crippen LogP contribution in [0.25, 0.3) is 0 Å². The van der Waals surface area contributed by atoms with Crippen LogP contribution in [0.5, 0.6) is 0 Å². The molecule has 0 aromatic heterocycles. The van der Waals surface area contributed by atoms with Crippen LogP contribution in [0.2, 0.25) is 0 Å². The Morgan fingerprint density at radius 2 is 1.69 bits per heavy atom. The van der Waals surface area contributed by atoms with E-state index in [1.54, 1.807) is 0 Å². The van der Waals surface area contributed by atoms with Gasteiger partial charge in [-0.25, -0.2) is 0 Å². The van der Waals surface area contributed by atoms with Crippen molar-refractivity contribution in [2.75, 3.05) is 0 Å². The summed E-state index contributed by atoms with van der Waals surface area (Å²) >= 11 is 0. The van der Waals surface area contributed by atoms with Gasteiger partial charge in [-0.1, -0.05) is 45.0 Å². The lowest BCUT2D eigenvalue weighted by atomic mass is 9.82. The number of hydrogen-bond donors (Lipinski definition) is 1. The molecule has 0 saturated heterocycles. The van der Waals surface area contributed by atoms with E-state index in [4.69, 9.17) is 0 Å². The summed E-state index contributed by atoms with van der Waals surface area (Å²) in [4.78, 5) is 0.